The first-order chi connectivity index (χ1) is 6.08. The second-order valence-electron chi connectivity index (χ2n) is 4.13. The molecule has 1 fully saturated rings. The molecule has 1 heterocycles. The summed E-state index contributed by atoms with van der Waals surface area (Å²) in [5, 5.41) is 12.5. The van der Waals surface area contributed by atoms with Crippen molar-refractivity contribution in [2.24, 2.45) is 0 Å². The zero-order valence-electron chi connectivity index (χ0n) is 8.63. The van der Waals surface area contributed by atoms with Crippen LogP contribution in [0.25, 0.3) is 0 Å². The third kappa shape index (κ3) is 2.68. The fourth-order valence-electron chi connectivity index (χ4n) is 1.90. The first-order valence-corrected chi connectivity index (χ1v) is 4.88. The molecule has 3 nitrogen and oxygen atoms in total. The molecule has 2 unspecified atom stereocenters. The van der Waals surface area contributed by atoms with Crippen LogP contribution in [0.2, 0.25) is 0 Å². The molecule has 0 bridgehead atoms. The molecule has 1 rings (SSSR count). The van der Waals surface area contributed by atoms with Crippen molar-refractivity contribution in [1.29, 1.82) is 5.26 Å². The molecule has 0 aromatic heterocycles. The maximum Gasteiger partial charge on any atom is 0.111 e. The van der Waals surface area contributed by atoms with Gasteiger partial charge in [-0.2, -0.15) is 5.26 Å². The lowest BCUT2D eigenvalue weighted by Gasteiger charge is -2.36. The highest BCUT2D eigenvalue weighted by Crippen LogP contribution is 2.24. The Kier molecular flexibility index (Phi) is 3.29. The van der Waals surface area contributed by atoms with Crippen molar-refractivity contribution in [3.05, 3.63) is 0 Å². The Morgan fingerprint density at radius 2 is 2.31 bits per heavy atom. The van der Waals surface area contributed by atoms with Crippen molar-refractivity contribution in [2.75, 3.05) is 6.61 Å². The van der Waals surface area contributed by atoms with Gasteiger partial charge in [0.05, 0.1) is 12.2 Å². The molecule has 0 aliphatic carbocycles. The fraction of sp³-hybridized carbons (Fsp3) is 0.900. The predicted octanol–water partition coefficient (Wildman–Crippen LogP) is 1.45. The Balaban J connectivity index is 2.63. The van der Waals surface area contributed by atoms with Crippen molar-refractivity contribution in [3.63, 3.8) is 0 Å². The maximum atomic E-state index is 9.14. The van der Waals surface area contributed by atoms with Crippen LogP contribution in [0.15, 0.2) is 0 Å². The van der Waals surface area contributed by atoms with Crippen LogP contribution in [0.1, 0.15) is 33.6 Å². The lowest BCUT2D eigenvalue weighted by molar-refractivity contribution is -0.00501. The minimum atomic E-state index is -0.355. The summed E-state index contributed by atoms with van der Waals surface area (Å²) in [6.45, 7) is 6.85. The monoisotopic (exact) mass is 182 g/mol. The number of hydrogen-bond acceptors (Lipinski definition) is 3. The van der Waals surface area contributed by atoms with Gasteiger partial charge in [-0.25, -0.2) is 0 Å². The normalized spacial score (nSPS) is 34.5. The van der Waals surface area contributed by atoms with Crippen LogP contribution in [0, 0.1) is 11.3 Å². The molecular formula is C10H18N2O. The van der Waals surface area contributed by atoms with Crippen LogP contribution < -0.4 is 5.32 Å². The van der Waals surface area contributed by atoms with Crippen molar-refractivity contribution < 1.29 is 4.74 Å². The van der Waals surface area contributed by atoms with Crippen molar-refractivity contribution in [2.45, 2.75) is 51.3 Å². The molecule has 0 spiro atoms. The average molecular weight is 182 g/mol. The SMILES string of the molecule is CC(C)NC1(C#N)CCOC(C)C1. The number of hydrogen-bond donors (Lipinski definition) is 1. The molecule has 0 aromatic rings. The summed E-state index contributed by atoms with van der Waals surface area (Å²) >= 11 is 0. The van der Waals surface area contributed by atoms with Crippen molar-refractivity contribution in [3.8, 4) is 6.07 Å². The molecule has 0 amide bonds. The maximum absolute atomic E-state index is 9.14. The summed E-state index contributed by atoms with van der Waals surface area (Å²) in [4.78, 5) is 0. The lowest BCUT2D eigenvalue weighted by Crippen LogP contribution is -2.52. The summed E-state index contributed by atoms with van der Waals surface area (Å²) in [6.07, 6.45) is 1.79. The van der Waals surface area contributed by atoms with Crippen LogP contribution in [-0.2, 0) is 4.74 Å². The molecule has 13 heavy (non-hydrogen) atoms. The van der Waals surface area contributed by atoms with E-state index in [4.69, 9.17) is 10.00 Å². The zero-order valence-corrected chi connectivity index (χ0v) is 8.63. The molecule has 1 N–H and O–H groups in total. The first kappa shape index (κ1) is 10.5. The molecular weight excluding hydrogens is 164 g/mol. The van der Waals surface area contributed by atoms with E-state index >= 15 is 0 Å². The van der Waals surface area contributed by atoms with E-state index in [0.29, 0.717) is 12.6 Å². The minimum Gasteiger partial charge on any atom is -0.378 e. The quantitative estimate of drug-likeness (QED) is 0.703. The molecule has 1 aliphatic rings. The zero-order chi connectivity index (χ0) is 9.90. The highest BCUT2D eigenvalue weighted by Gasteiger charge is 2.35. The highest BCUT2D eigenvalue weighted by molar-refractivity contribution is 5.09. The van der Waals surface area contributed by atoms with Crippen LogP contribution in [0.3, 0.4) is 0 Å². The van der Waals surface area contributed by atoms with E-state index in [1.807, 2.05) is 6.92 Å². The van der Waals surface area contributed by atoms with E-state index in [2.05, 4.69) is 25.2 Å². The molecule has 0 radical (unpaired) electrons. The van der Waals surface area contributed by atoms with Gasteiger partial charge in [0.25, 0.3) is 0 Å². The van der Waals surface area contributed by atoms with Gasteiger partial charge in [0.15, 0.2) is 0 Å². The van der Waals surface area contributed by atoms with Gasteiger partial charge in [-0.1, -0.05) is 0 Å². The van der Waals surface area contributed by atoms with Gasteiger partial charge in [0, 0.05) is 25.5 Å². The van der Waals surface area contributed by atoms with Crippen LogP contribution >= 0.6 is 0 Å². The standard InChI is InChI=1S/C10H18N2O/c1-8(2)12-10(7-11)4-5-13-9(3)6-10/h8-9,12H,4-6H2,1-3H3. The third-order valence-electron chi connectivity index (χ3n) is 2.35. The minimum absolute atomic E-state index is 0.194. The van der Waals surface area contributed by atoms with Gasteiger partial charge in [-0.05, 0) is 20.8 Å². The summed E-state index contributed by atoms with van der Waals surface area (Å²) in [5.41, 5.74) is -0.355. The number of nitrogens with zero attached hydrogens (tertiary/aromatic N) is 1. The van der Waals surface area contributed by atoms with Gasteiger partial charge >= 0.3 is 0 Å². The van der Waals surface area contributed by atoms with Gasteiger partial charge in [0.2, 0.25) is 0 Å². The van der Waals surface area contributed by atoms with E-state index in [1.54, 1.807) is 0 Å². The number of rotatable bonds is 2. The molecule has 0 aromatic carbocycles. The summed E-state index contributed by atoms with van der Waals surface area (Å²) in [5.74, 6) is 0. The molecule has 2 atom stereocenters. The van der Waals surface area contributed by atoms with Crippen molar-refractivity contribution >= 4 is 0 Å². The summed E-state index contributed by atoms with van der Waals surface area (Å²) in [7, 11) is 0. The van der Waals surface area contributed by atoms with E-state index in [9.17, 15) is 0 Å². The summed E-state index contributed by atoms with van der Waals surface area (Å²) < 4.78 is 5.43. The number of nitriles is 1. The van der Waals surface area contributed by atoms with E-state index < -0.39 is 0 Å². The Hall–Kier alpha value is -0.590. The molecule has 3 heteroatoms. The number of ether oxygens (including phenoxy) is 1. The topological polar surface area (TPSA) is 45.0 Å². The van der Waals surface area contributed by atoms with Crippen LogP contribution in [0.5, 0.6) is 0 Å². The Bertz CT molecular complexity index is 205. The lowest BCUT2D eigenvalue weighted by atomic mass is 9.88. The Morgan fingerprint density at radius 1 is 1.62 bits per heavy atom. The molecule has 1 aliphatic heterocycles. The van der Waals surface area contributed by atoms with E-state index in [1.165, 1.54) is 0 Å². The van der Waals surface area contributed by atoms with E-state index in [0.717, 1.165) is 12.8 Å². The van der Waals surface area contributed by atoms with Crippen LogP contribution in [0.4, 0.5) is 0 Å². The second-order valence-corrected chi connectivity index (χ2v) is 4.13. The van der Waals surface area contributed by atoms with Gasteiger partial charge in [-0.15, -0.1) is 0 Å². The highest BCUT2D eigenvalue weighted by atomic mass is 16.5. The fourth-order valence-corrected chi connectivity index (χ4v) is 1.90. The number of nitrogens with one attached hydrogen (secondary N) is 1. The smallest absolute Gasteiger partial charge is 0.111 e. The first-order valence-electron chi connectivity index (χ1n) is 4.88. The predicted molar refractivity (Wildman–Crippen MR) is 51.3 cm³/mol. The molecule has 1 saturated heterocycles. The van der Waals surface area contributed by atoms with E-state index in [-0.39, 0.29) is 11.6 Å². The third-order valence-corrected chi connectivity index (χ3v) is 2.35. The average Bonchev–Trinajstić information content (AvgIpc) is 2.03. The van der Waals surface area contributed by atoms with Gasteiger partial charge in [-0.3, -0.25) is 5.32 Å². The second kappa shape index (κ2) is 4.08. The Morgan fingerprint density at radius 3 is 2.77 bits per heavy atom. The Labute approximate surface area is 80.1 Å². The van der Waals surface area contributed by atoms with Crippen molar-refractivity contribution in [1.82, 2.24) is 5.32 Å². The largest absolute Gasteiger partial charge is 0.378 e. The van der Waals surface area contributed by atoms with Gasteiger partial charge < -0.3 is 4.74 Å². The summed E-state index contributed by atoms with van der Waals surface area (Å²) in [6, 6.07) is 2.74. The molecule has 74 valence electrons. The molecule has 0 saturated carbocycles. The van der Waals surface area contributed by atoms with Gasteiger partial charge in [0.1, 0.15) is 5.54 Å². The van der Waals surface area contributed by atoms with Crippen LogP contribution in [-0.4, -0.2) is 24.3 Å².